The maximum absolute atomic E-state index is 12.8. The molecule has 6 nitrogen and oxygen atoms in total. The van der Waals surface area contributed by atoms with Crippen LogP contribution in [0.1, 0.15) is 15.9 Å². The Bertz CT molecular complexity index is 886. The summed E-state index contributed by atoms with van der Waals surface area (Å²) in [6.07, 6.45) is 0. The summed E-state index contributed by atoms with van der Waals surface area (Å²) in [4.78, 5) is 13.9. The summed E-state index contributed by atoms with van der Waals surface area (Å²) in [7, 11) is -2.28. The summed E-state index contributed by atoms with van der Waals surface area (Å²) in [5, 5.41) is 0. The van der Waals surface area contributed by atoms with E-state index in [1.54, 1.807) is 0 Å². The van der Waals surface area contributed by atoms with E-state index in [1.807, 2.05) is 12.1 Å². The molecule has 26 heavy (non-hydrogen) atoms. The Labute approximate surface area is 154 Å². The van der Waals surface area contributed by atoms with Gasteiger partial charge in [0.05, 0.1) is 17.6 Å². The first-order chi connectivity index (χ1) is 12.4. The molecule has 7 heteroatoms. The van der Waals surface area contributed by atoms with Crippen molar-refractivity contribution in [3.05, 3.63) is 59.7 Å². The van der Waals surface area contributed by atoms with Crippen molar-refractivity contribution in [3.8, 4) is 0 Å². The van der Waals surface area contributed by atoms with E-state index in [9.17, 15) is 13.2 Å². The molecule has 0 aromatic heterocycles. The van der Waals surface area contributed by atoms with Gasteiger partial charge in [0, 0.05) is 31.9 Å². The van der Waals surface area contributed by atoms with Gasteiger partial charge in [-0.2, -0.15) is 4.31 Å². The van der Waals surface area contributed by atoms with E-state index < -0.39 is 16.0 Å². The molecule has 0 N–H and O–H groups in total. The van der Waals surface area contributed by atoms with Gasteiger partial charge >= 0.3 is 5.97 Å². The number of rotatable bonds is 4. The van der Waals surface area contributed by atoms with E-state index in [2.05, 4.69) is 28.7 Å². The van der Waals surface area contributed by atoms with Crippen molar-refractivity contribution in [1.82, 2.24) is 4.31 Å². The number of benzene rings is 2. The fraction of sp³-hybridized carbons (Fsp3) is 0.316. The van der Waals surface area contributed by atoms with Gasteiger partial charge in [-0.25, -0.2) is 13.2 Å². The van der Waals surface area contributed by atoms with Crippen LogP contribution in [0.25, 0.3) is 0 Å². The Hall–Kier alpha value is -2.38. The third-order valence-corrected chi connectivity index (χ3v) is 6.52. The molecule has 0 bridgehead atoms. The molecule has 3 rings (SSSR count). The number of methoxy groups -OCH3 is 1. The fourth-order valence-electron chi connectivity index (χ4n) is 3.12. The lowest BCUT2D eigenvalue weighted by Crippen LogP contribution is -2.48. The zero-order chi connectivity index (χ0) is 18.7. The molecule has 138 valence electrons. The highest BCUT2D eigenvalue weighted by atomic mass is 32.2. The largest absolute Gasteiger partial charge is 0.465 e. The molecule has 0 unspecified atom stereocenters. The van der Waals surface area contributed by atoms with Gasteiger partial charge in [-0.1, -0.05) is 18.2 Å². The van der Waals surface area contributed by atoms with E-state index in [1.165, 1.54) is 41.2 Å². The standard InChI is InChI=1S/C19H22N2O4S/c1-15-5-3-4-6-18(15)20-11-13-21(14-12-20)26(23,24)17-9-7-16(8-10-17)19(22)25-2/h3-10H,11-14H2,1-2H3. The van der Waals surface area contributed by atoms with Crippen LogP contribution in [0.3, 0.4) is 0 Å². The second kappa shape index (κ2) is 7.47. The highest BCUT2D eigenvalue weighted by Gasteiger charge is 2.29. The van der Waals surface area contributed by atoms with Crippen molar-refractivity contribution in [2.24, 2.45) is 0 Å². The normalized spacial score (nSPS) is 15.7. The van der Waals surface area contributed by atoms with Gasteiger partial charge in [-0.15, -0.1) is 0 Å². The van der Waals surface area contributed by atoms with Crippen LogP contribution in [0.4, 0.5) is 5.69 Å². The number of carbonyl (C=O) groups excluding carboxylic acids is 1. The number of hydrogen-bond donors (Lipinski definition) is 0. The van der Waals surface area contributed by atoms with E-state index in [4.69, 9.17) is 0 Å². The van der Waals surface area contributed by atoms with Crippen LogP contribution >= 0.6 is 0 Å². The van der Waals surface area contributed by atoms with Gasteiger partial charge in [-0.3, -0.25) is 0 Å². The van der Waals surface area contributed by atoms with Gasteiger partial charge < -0.3 is 9.64 Å². The molecule has 0 spiro atoms. The average Bonchev–Trinajstić information content (AvgIpc) is 2.68. The topological polar surface area (TPSA) is 66.9 Å². The Kier molecular flexibility index (Phi) is 5.29. The quantitative estimate of drug-likeness (QED) is 0.768. The average molecular weight is 374 g/mol. The zero-order valence-corrected chi connectivity index (χ0v) is 15.7. The van der Waals surface area contributed by atoms with E-state index in [0.29, 0.717) is 31.7 Å². The van der Waals surface area contributed by atoms with E-state index in [-0.39, 0.29) is 4.90 Å². The number of para-hydroxylation sites is 1. The number of sulfonamides is 1. The van der Waals surface area contributed by atoms with Crippen LogP contribution < -0.4 is 4.90 Å². The Morgan fingerprint density at radius 3 is 2.15 bits per heavy atom. The monoisotopic (exact) mass is 374 g/mol. The molecule has 0 saturated carbocycles. The molecule has 0 aliphatic carbocycles. The molecule has 1 fully saturated rings. The molecule has 1 aliphatic rings. The summed E-state index contributed by atoms with van der Waals surface area (Å²) < 4.78 is 31.8. The number of esters is 1. The van der Waals surface area contributed by atoms with Gasteiger partial charge in [0.15, 0.2) is 0 Å². The second-order valence-electron chi connectivity index (χ2n) is 6.19. The highest BCUT2D eigenvalue weighted by molar-refractivity contribution is 7.89. The first-order valence-corrected chi connectivity index (χ1v) is 9.86. The van der Waals surface area contributed by atoms with Crippen molar-refractivity contribution in [2.45, 2.75) is 11.8 Å². The summed E-state index contributed by atoms with van der Waals surface area (Å²) in [6, 6.07) is 14.0. The molecule has 2 aromatic rings. The maximum Gasteiger partial charge on any atom is 0.337 e. The molecular weight excluding hydrogens is 352 g/mol. The zero-order valence-electron chi connectivity index (χ0n) is 14.9. The van der Waals surface area contributed by atoms with Crippen LogP contribution in [-0.4, -0.2) is 52.0 Å². The molecule has 0 amide bonds. The molecule has 1 saturated heterocycles. The van der Waals surface area contributed by atoms with Gasteiger partial charge in [0.25, 0.3) is 0 Å². The Balaban J connectivity index is 1.72. The minimum absolute atomic E-state index is 0.189. The first kappa shape index (κ1) is 18.4. The number of ether oxygens (including phenoxy) is 1. The SMILES string of the molecule is COC(=O)c1ccc(S(=O)(=O)N2CCN(c3ccccc3C)CC2)cc1. The summed E-state index contributed by atoms with van der Waals surface area (Å²) in [6.45, 7) is 4.20. The van der Waals surface area contributed by atoms with Gasteiger partial charge in [0.1, 0.15) is 0 Å². The summed E-state index contributed by atoms with van der Waals surface area (Å²) in [5.41, 5.74) is 2.66. The lowest BCUT2D eigenvalue weighted by molar-refractivity contribution is 0.0600. The molecule has 2 aromatic carbocycles. The van der Waals surface area contributed by atoms with Crippen molar-refractivity contribution in [3.63, 3.8) is 0 Å². The molecular formula is C19H22N2O4S. The van der Waals surface area contributed by atoms with Crippen LogP contribution in [0.2, 0.25) is 0 Å². The molecule has 0 atom stereocenters. The van der Waals surface area contributed by atoms with Crippen molar-refractivity contribution < 1.29 is 17.9 Å². The van der Waals surface area contributed by atoms with Crippen LogP contribution in [0.5, 0.6) is 0 Å². The smallest absolute Gasteiger partial charge is 0.337 e. The van der Waals surface area contributed by atoms with Gasteiger partial charge in [0.2, 0.25) is 10.0 Å². The summed E-state index contributed by atoms with van der Waals surface area (Å²) in [5.74, 6) is -0.485. The number of nitrogens with zero attached hydrogens (tertiary/aromatic N) is 2. The molecule has 1 heterocycles. The number of carbonyl (C=O) groups is 1. The lowest BCUT2D eigenvalue weighted by atomic mass is 10.1. The van der Waals surface area contributed by atoms with Crippen molar-refractivity contribution in [2.75, 3.05) is 38.2 Å². The third-order valence-electron chi connectivity index (χ3n) is 4.61. The van der Waals surface area contributed by atoms with Crippen LogP contribution in [-0.2, 0) is 14.8 Å². The number of hydrogen-bond acceptors (Lipinski definition) is 5. The summed E-state index contributed by atoms with van der Waals surface area (Å²) >= 11 is 0. The second-order valence-corrected chi connectivity index (χ2v) is 8.13. The number of aryl methyl sites for hydroxylation is 1. The third kappa shape index (κ3) is 3.59. The van der Waals surface area contributed by atoms with Crippen LogP contribution in [0, 0.1) is 6.92 Å². The Morgan fingerprint density at radius 1 is 0.962 bits per heavy atom. The lowest BCUT2D eigenvalue weighted by Gasteiger charge is -2.36. The Morgan fingerprint density at radius 2 is 1.58 bits per heavy atom. The van der Waals surface area contributed by atoms with Crippen LogP contribution in [0.15, 0.2) is 53.4 Å². The molecule has 1 aliphatic heterocycles. The first-order valence-electron chi connectivity index (χ1n) is 8.42. The molecule has 0 radical (unpaired) electrons. The van der Waals surface area contributed by atoms with E-state index >= 15 is 0 Å². The predicted molar refractivity (Wildman–Crippen MR) is 99.9 cm³/mol. The predicted octanol–water partition coefficient (Wildman–Crippen LogP) is 2.29. The highest BCUT2D eigenvalue weighted by Crippen LogP contribution is 2.23. The van der Waals surface area contributed by atoms with Gasteiger partial charge in [-0.05, 0) is 42.8 Å². The number of anilines is 1. The van der Waals surface area contributed by atoms with E-state index in [0.717, 1.165) is 5.69 Å². The minimum atomic E-state index is -3.57. The minimum Gasteiger partial charge on any atom is -0.465 e. The number of piperazine rings is 1. The van der Waals surface area contributed by atoms with Crippen molar-refractivity contribution >= 4 is 21.7 Å². The maximum atomic E-state index is 12.8. The fourth-order valence-corrected chi connectivity index (χ4v) is 4.54. The van der Waals surface area contributed by atoms with Crippen molar-refractivity contribution in [1.29, 1.82) is 0 Å².